The monoisotopic (exact) mass is 223 g/mol. The third kappa shape index (κ3) is 2.28. The lowest BCUT2D eigenvalue weighted by molar-refractivity contribution is -0.0991. The van der Waals surface area contributed by atoms with Gasteiger partial charge in [0.2, 0.25) is 0 Å². The second-order valence-electron chi connectivity index (χ2n) is 4.69. The van der Waals surface area contributed by atoms with Crippen LogP contribution in [0.3, 0.4) is 0 Å². The fourth-order valence-electron chi connectivity index (χ4n) is 1.77. The zero-order valence-corrected chi connectivity index (χ0v) is 9.36. The number of phenolic OH excluding ortho intramolecular Hbond substituents is 2. The third-order valence-corrected chi connectivity index (χ3v) is 2.87. The molecule has 88 valence electrons. The van der Waals surface area contributed by atoms with Crippen LogP contribution in [-0.4, -0.2) is 30.0 Å². The summed E-state index contributed by atoms with van der Waals surface area (Å²) in [5.74, 6) is -0.109. The van der Waals surface area contributed by atoms with E-state index in [1.54, 1.807) is 12.1 Å². The minimum absolute atomic E-state index is 0.0370. The summed E-state index contributed by atoms with van der Waals surface area (Å²) in [5.41, 5.74) is 0.927. The Hall–Kier alpha value is -1.26. The smallest absolute Gasteiger partial charge is 0.161 e. The first kappa shape index (κ1) is 11.2. The molecule has 2 rings (SSSR count). The first-order valence-electron chi connectivity index (χ1n) is 5.39. The van der Waals surface area contributed by atoms with Crippen LogP contribution in [0, 0.1) is 5.41 Å². The summed E-state index contributed by atoms with van der Waals surface area (Å²) in [5, 5.41) is 22.2. The third-order valence-electron chi connectivity index (χ3n) is 2.87. The van der Waals surface area contributed by atoms with E-state index in [-0.39, 0.29) is 16.9 Å². The van der Waals surface area contributed by atoms with Crippen molar-refractivity contribution < 1.29 is 14.9 Å². The quantitative estimate of drug-likeness (QED) is 0.672. The first-order valence-corrected chi connectivity index (χ1v) is 5.39. The molecule has 0 amide bonds. The van der Waals surface area contributed by atoms with Crippen LogP contribution in [-0.2, 0) is 11.3 Å². The summed E-state index contributed by atoms with van der Waals surface area (Å²) in [6.45, 7) is 5.13. The van der Waals surface area contributed by atoms with Crippen molar-refractivity contribution in [2.24, 2.45) is 5.41 Å². The van der Waals surface area contributed by atoms with Crippen LogP contribution < -0.4 is 5.32 Å². The molecule has 1 aliphatic heterocycles. The number of hydrogen-bond acceptors (Lipinski definition) is 4. The Morgan fingerprint density at radius 3 is 2.75 bits per heavy atom. The zero-order valence-electron chi connectivity index (χ0n) is 9.36. The second kappa shape index (κ2) is 4.31. The van der Waals surface area contributed by atoms with Gasteiger partial charge < -0.3 is 20.3 Å². The molecule has 3 N–H and O–H groups in total. The van der Waals surface area contributed by atoms with Crippen LogP contribution in [0.5, 0.6) is 11.5 Å². The zero-order chi connectivity index (χ0) is 11.6. The average Bonchev–Trinajstić information content (AvgIpc) is 2.22. The van der Waals surface area contributed by atoms with E-state index >= 15 is 0 Å². The van der Waals surface area contributed by atoms with E-state index in [9.17, 15) is 10.2 Å². The molecular weight excluding hydrogens is 206 g/mol. The van der Waals surface area contributed by atoms with E-state index in [4.69, 9.17) is 4.74 Å². The standard InChI is InChI=1S/C12H17NO3/c1-12(7-16-8-12)6-13-5-9-3-2-4-10(14)11(9)15/h2-4,13-15H,5-8H2,1H3. The van der Waals surface area contributed by atoms with Gasteiger partial charge in [0, 0.05) is 24.1 Å². The van der Waals surface area contributed by atoms with Gasteiger partial charge in [-0.3, -0.25) is 0 Å². The molecule has 0 bridgehead atoms. The van der Waals surface area contributed by atoms with Crippen LogP contribution >= 0.6 is 0 Å². The Morgan fingerprint density at radius 1 is 1.38 bits per heavy atom. The van der Waals surface area contributed by atoms with Crippen molar-refractivity contribution in [3.8, 4) is 11.5 Å². The van der Waals surface area contributed by atoms with Crippen molar-refractivity contribution in [2.75, 3.05) is 19.8 Å². The fourth-order valence-corrected chi connectivity index (χ4v) is 1.77. The Labute approximate surface area is 94.9 Å². The Balaban J connectivity index is 1.87. The highest BCUT2D eigenvalue weighted by Gasteiger charge is 2.32. The van der Waals surface area contributed by atoms with Gasteiger partial charge in [-0.2, -0.15) is 0 Å². The molecule has 0 unspecified atom stereocenters. The molecule has 16 heavy (non-hydrogen) atoms. The number of rotatable bonds is 4. The largest absolute Gasteiger partial charge is 0.504 e. The lowest BCUT2D eigenvalue weighted by Gasteiger charge is -2.38. The Morgan fingerprint density at radius 2 is 2.12 bits per heavy atom. The fraction of sp³-hybridized carbons (Fsp3) is 0.500. The molecule has 4 heteroatoms. The minimum atomic E-state index is -0.0718. The molecular formula is C12H17NO3. The Bertz CT molecular complexity index is 375. The second-order valence-corrected chi connectivity index (χ2v) is 4.69. The molecule has 0 radical (unpaired) electrons. The van der Waals surface area contributed by atoms with E-state index in [1.165, 1.54) is 6.07 Å². The van der Waals surface area contributed by atoms with Gasteiger partial charge in [-0.1, -0.05) is 19.1 Å². The SMILES string of the molecule is CC1(CNCc2cccc(O)c2O)COC1. The highest BCUT2D eigenvalue weighted by atomic mass is 16.5. The molecule has 1 saturated heterocycles. The summed E-state index contributed by atoms with van der Waals surface area (Å²) in [6, 6.07) is 4.99. The van der Waals surface area contributed by atoms with Crippen molar-refractivity contribution >= 4 is 0 Å². The summed E-state index contributed by atoms with van der Waals surface area (Å²) in [6.07, 6.45) is 0. The highest BCUT2D eigenvalue weighted by Crippen LogP contribution is 2.29. The van der Waals surface area contributed by atoms with Crippen LogP contribution in [0.4, 0.5) is 0 Å². The van der Waals surface area contributed by atoms with Crippen molar-refractivity contribution in [1.82, 2.24) is 5.32 Å². The molecule has 1 heterocycles. The number of aromatic hydroxyl groups is 2. The lowest BCUT2D eigenvalue weighted by Crippen LogP contribution is -2.47. The van der Waals surface area contributed by atoms with E-state index in [0.29, 0.717) is 12.1 Å². The molecule has 0 saturated carbocycles. The van der Waals surface area contributed by atoms with Gasteiger partial charge in [0.25, 0.3) is 0 Å². The summed E-state index contributed by atoms with van der Waals surface area (Å²) in [4.78, 5) is 0. The number of phenols is 2. The maximum absolute atomic E-state index is 9.58. The molecule has 0 aliphatic carbocycles. The molecule has 1 aromatic rings. The summed E-state index contributed by atoms with van der Waals surface area (Å²) < 4.78 is 5.15. The van der Waals surface area contributed by atoms with Gasteiger partial charge in [0.15, 0.2) is 11.5 Å². The Kier molecular flexibility index (Phi) is 3.03. The molecule has 1 aliphatic rings. The van der Waals surface area contributed by atoms with Gasteiger partial charge >= 0.3 is 0 Å². The number of hydrogen-bond donors (Lipinski definition) is 3. The maximum atomic E-state index is 9.58. The van der Waals surface area contributed by atoms with E-state index < -0.39 is 0 Å². The normalized spacial score (nSPS) is 18.1. The van der Waals surface area contributed by atoms with Gasteiger partial charge in [0.05, 0.1) is 13.2 Å². The molecule has 0 spiro atoms. The number of ether oxygens (including phenoxy) is 1. The van der Waals surface area contributed by atoms with Crippen LogP contribution in [0.15, 0.2) is 18.2 Å². The number of nitrogens with one attached hydrogen (secondary N) is 1. The maximum Gasteiger partial charge on any atom is 0.161 e. The first-order chi connectivity index (χ1) is 7.61. The van der Waals surface area contributed by atoms with Gasteiger partial charge in [-0.25, -0.2) is 0 Å². The van der Waals surface area contributed by atoms with Crippen LogP contribution in [0.1, 0.15) is 12.5 Å². The number of para-hydroxylation sites is 1. The topological polar surface area (TPSA) is 61.7 Å². The summed E-state index contributed by atoms with van der Waals surface area (Å²) in [7, 11) is 0. The van der Waals surface area contributed by atoms with Crippen LogP contribution in [0.2, 0.25) is 0 Å². The molecule has 0 atom stereocenters. The van der Waals surface area contributed by atoms with Crippen LogP contribution in [0.25, 0.3) is 0 Å². The van der Waals surface area contributed by atoms with Gasteiger partial charge in [-0.05, 0) is 6.07 Å². The van der Waals surface area contributed by atoms with Gasteiger partial charge in [-0.15, -0.1) is 0 Å². The van der Waals surface area contributed by atoms with Crippen molar-refractivity contribution in [3.05, 3.63) is 23.8 Å². The minimum Gasteiger partial charge on any atom is -0.504 e. The lowest BCUT2D eigenvalue weighted by atomic mass is 9.89. The van der Waals surface area contributed by atoms with Crippen molar-refractivity contribution in [1.29, 1.82) is 0 Å². The van der Waals surface area contributed by atoms with E-state index in [1.807, 2.05) is 0 Å². The molecule has 4 nitrogen and oxygen atoms in total. The number of benzene rings is 1. The van der Waals surface area contributed by atoms with Gasteiger partial charge in [0.1, 0.15) is 0 Å². The average molecular weight is 223 g/mol. The van der Waals surface area contributed by atoms with Crippen molar-refractivity contribution in [3.63, 3.8) is 0 Å². The predicted octanol–water partition coefficient (Wildman–Crippen LogP) is 1.22. The predicted molar refractivity (Wildman–Crippen MR) is 60.4 cm³/mol. The molecule has 1 fully saturated rings. The highest BCUT2D eigenvalue weighted by molar-refractivity contribution is 5.44. The molecule has 1 aromatic carbocycles. The van der Waals surface area contributed by atoms with E-state index in [2.05, 4.69) is 12.2 Å². The summed E-state index contributed by atoms with van der Waals surface area (Å²) >= 11 is 0. The van der Waals surface area contributed by atoms with E-state index in [0.717, 1.165) is 19.8 Å². The molecule has 0 aromatic heterocycles. The van der Waals surface area contributed by atoms with Crippen molar-refractivity contribution in [2.45, 2.75) is 13.5 Å².